The number of amides is 1. The Hall–Kier alpha value is -1.11. The van der Waals surface area contributed by atoms with Crippen LogP contribution in [0.4, 0.5) is 5.69 Å². The molecule has 8 heteroatoms. The van der Waals surface area contributed by atoms with Crippen molar-refractivity contribution in [2.45, 2.75) is 13.3 Å². The molecule has 2 aromatic rings. The summed E-state index contributed by atoms with van der Waals surface area (Å²) in [6, 6.07) is 1.63. The fourth-order valence-corrected chi connectivity index (χ4v) is 2.81. The molecule has 0 saturated heterocycles. The summed E-state index contributed by atoms with van der Waals surface area (Å²) in [4.78, 5) is 11.4. The van der Waals surface area contributed by atoms with Gasteiger partial charge in [-0.15, -0.1) is 0 Å². The third kappa shape index (κ3) is 3.26. The van der Waals surface area contributed by atoms with E-state index >= 15 is 0 Å². The summed E-state index contributed by atoms with van der Waals surface area (Å²) in [6.45, 7) is 2.98. The monoisotopic (exact) mass is 318 g/mol. The lowest BCUT2D eigenvalue weighted by molar-refractivity contribution is -0.120. The number of aromatic nitrogens is 2. The first-order valence-corrected chi connectivity index (χ1v) is 7.23. The molecule has 102 valence electrons. The lowest BCUT2D eigenvalue weighted by atomic mass is 10.2. The Morgan fingerprint density at radius 3 is 2.79 bits per heavy atom. The number of nitrogens with one attached hydrogen (secondary N) is 2. The van der Waals surface area contributed by atoms with Crippen LogP contribution in [-0.2, 0) is 4.79 Å². The molecule has 0 bridgehead atoms. The van der Waals surface area contributed by atoms with Crippen LogP contribution in [0.2, 0.25) is 10.0 Å². The van der Waals surface area contributed by atoms with Gasteiger partial charge in [-0.2, -0.15) is 8.75 Å². The van der Waals surface area contributed by atoms with Gasteiger partial charge in [0.05, 0.1) is 27.5 Å². The third-order valence-corrected chi connectivity index (χ3v) is 3.59. The van der Waals surface area contributed by atoms with Gasteiger partial charge in [-0.25, -0.2) is 0 Å². The van der Waals surface area contributed by atoms with Crippen molar-refractivity contribution in [1.29, 1.82) is 0 Å². The van der Waals surface area contributed by atoms with E-state index in [9.17, 15) is 4.79 Å². The minimum absolute atomic E-state index is 0.00673. The van der Waals surface area contributed by atoms with E-state index < -0.39 is 0 Å². The summed E-state index contributed by atoms with van der Waals surface area (Å²) in [6.07, 6.45) is 0.367. The number of carbonyl (C=O) groups is 1. The fraction of sp³-hybridized carbons (Fsp3) is 0.364. The zero-order valence-electron chi connectivity index (χ0n) is 10.2. The fourth-order valence-electron chi connectivity index (χ4n) is 1.63. The zero-order chi connectivity index (χ0) is 13.8. The summed E-state index contributed by atoms with van der Waals surface area (Å²) in [5.74, 6) is -0.00673. The number of carbonyl (C=O) groups excluding carboxylic acids is 1. The van der Waals surface area contributed by atoms with Gasteiger partial charge in [0, 0.05) is 19.5 Å². The molecule has 19 heavy (non-hydrogen) atoms. The first-order valence-electron chi connectivity index (χ1n) is 5.74. The van der Waals surface area contributed by atoms with Gasteiger partial charge in [-0.1, -0.05) is 23.2 Å². The van der Waals surface area contributed by atoms with E-state index in [0.29, 0.717) is 46.3 Å². The van der Waals surface area contributed by atoms with E-state index in [0.717, 1.165) is 11.7 Å². The Morgan fingerprint density at radius 1 is 1.32 bits per heavy atom. The van der Waals surface area contributed by atoms with Crippen LogP contribution in [0.25, 0.3) is 11.0 Å². The van der Waals surface area contributed by atoms with Gasteiger partial charge in [0.25, 0.3) is 0 Å². The van der Waals surface area contributed by atoms with Crippen molar-refractivity contribution in [2.75, 3.05) is 18.4 Å². The van der Waals surface area contributed by atoms with E-state index in [4.69, 9.17) is 23.2 Å². The Bertz CT molecular complexity index is 602. The van der Waals surface area contributed by atoms with Crippen LogP contribution in [-0.4, -0.2) is 27.7 Å². The number of fused-ring (bicyclic) bond motifs is 1. The number of halogens is 2. The van der Waals surface area contributed by atoms with Gasteiger partial charge in [-0.3, -0.25) is 4.79 Å². The van der Waals surface area contributed by atoms with Crippen molar-refractivity contribution in [2.24, 2.45) is 0 Å². The van der Waals surface area contributed by atoms with Crippen molar-refractivity contribution in [3.8, 4) is 0 Å². The lowest BCUT2D eigenvalue weighted by Crippen LogP contribution is -2.24. The molecule has 1 aromatic carbocycles. The second kappa shape index (κ2) is 6.36. The summed E-state index contributed by atoms with van der Waals surface area (Å²) in [5.41, 5.74) is 1.93. The molecule has 5 nitrogen and oxygen atoms in total. The molecule has 1 heterocycles. The maximum atomic E-state index is 11.4. The van der Waals surface area contributed by atoms with Crippen molar-refractivity contribution < 1.29 is 4.79 Å². The number of rotatable bonds is 5. The minimum Gasteiger partial charge on any atom is -0.381 e. The molecule has 1 aromatic heterocycles. The van der Waals surface area contributed by atoms with Gasteiger partial charge in [0.1, 0.15) is 11.0 Å². The van der Waals surface area contributed by atoms with Crippen LogP contribution in [0.15, 0.2) is 6.07 Å². The van der Waals surface area contributed by atoms with Crippen LogP contribution in [0.1, 0.15) is 13.3 Å². The summed E-state index contributed by atoms with van der Waals surface area (Å²) in [5, 5.41) is 6.79. The third-order valence-electron chi connectivity index (χ3n) is 2.47. The van der Waals surface area contributed by atoms with E-state index in [-0.39, 0.29) is 5.91 Å². The molecule has 0 aliphatic rings. The zero-order valence-corrected chi connectivity index (χ0v) is 12.5. The lowest BCUT2D eigenvalue weighted by Gasteiger charge is -2.09. The van der Waals surface area contributed by atoms with Crippen molar-refractivity contribution in [1.82, 2.24) is 14.1 Å². The van der Waals surface area contributed by atoms with Gasteiger partial charge in [0.15, 0.2) is 0 Å². The summed E-state index contributed by atoms with van der Waals surface area (Å²) >= 11 is 13.2. The van der Waals surface area contributed by atoms with E-state index in [1.165, 1.54) is 0 Å². The highest BCUT2D eigenvalue weighted by Crippen LogP contribution is 2.35. The van der Waals surface area contributed by atoms with Crippen LogP contribution in [0, 0.1) is 0 Å². The number of nitrogens with zero attached hydrogens (tertiary/aromatic N) is 2. The van der Waals surface area contributed by atoms with Crippen molar-refractivity contribution in [3.63, 3.8) is 0 Å². The first-order chi connectivity index (χ1) is 9.13. The molecule has 0 aliphatic heterocycles. The molecule has 1 amide bonds. The Morgan fingerprint density at radius 2 is 2.05 bits per heavy atom. The molecule has 2 N–H and O–H groups in total. The van der Waals surface area contributed by atoms with Gasteiger partial charge >= 0.3 is 0 Å². The molecule has 0 spiro atoms. The molecule has 0 atom stereocenters. The number of benzene rings is 1. The topological polar surface area (TPSA) is 66.9 Å². The second-order valence-corrected chi connectivity index (χ2v) is 5.15. The van der Waals surface area contributed by atoms with Crippen LogP contribution >= 0.6 is 34.9 Å². The van der Waals surface area contributed by atoms with E-state index in [2.05, 4.69) is 19.4 Å². The average molecular weight is 319 g/mol. The normalized spacial score (nSPS) is 10.7. The van der Waals surface area contributed by atoms with Crippen molar-refractivity contribution in [3.05, 3.63) is 16.1 Å². The summed E-state index contributed by atoms with van der Waals surface area (Å²) in [7, 11) is 0. The standard InChI is InChI=1S/C11H12Cl2N4OS/c1-2-14-8(18)3-4-15-9-6(12)5-7(13)10-11(9)17-19-16-10/h5,15H,2-4H2,1H3,(H,14,18). The average Bonchev–Trinajstić information content (AvgIpc) is 2.83. The summed E-state index contributed by atoms with van der Waals surface area (Å²) < 4.78 is 8.29. The second-order valence-electron chi connectivity index (χ2n) is 3.81. The van der Waals surface area contributed by atoms with Gasteiger partial charge < -0.3 is 10.6 Å². The van der Waals surface area contributed by atoms with Gasteiger partial charge in [-0.05, 0) is 13.0 Å². The molecule has 2 rings (SSSR count). The molecular weight excluding hydrogens is 307 g/mol. The molecule has 0 unspecified atom stereocenters. The number of hydrogen-bond donors (Lipinski definition) is 2. The molecule has 0 radical (unpaired) electrons. The number of hydrogen-bond acceptors (Lipinski definition) is 5. The Labute approximate surface area is 124 Å². The minimum atomic E-state index is -0.00673. The Balaban J connectivity index is 2.12. The highest BCUT2D eigenvalue weighted by molar-refractivity contribution is 7.00. The van der Waals surface area contributed by atoms with Gasteiger partial charge in [0.2, 0.25) is 5.91 Å². The van der Waals surface area contributed by atoms with E-state index in [1.807, 2.05) is 6.92 Å². The SMILES string of the molecule is CCNC(=O)CCNc1c(Cl)cc(Cl)c2nsnc12. The predicted octanol–water partition coefficient (Wildman–Crippen LogP) is 2.94. The largest absolute Gasteiger partial charge is 0.381 e. The molecule has 0 saturated carbocycles. The molecular formula is C11H12Cl2N4OS. The first kappa shape index (κ1) is 14.3. The van der Waals surface area contributed by atoms with Crippen molar-refractivity contribution >= 4 is 57.6 Å². The van der Waals surface area contributed by atoms with Crippen LogP contribution in [0.3, 0.4) is 0 Å². The molecule has 0 aliphatic carbocycles. The van der Waals surface area contributed by atoms with E-state index in [1.54, 1.807) is 6.07 Å². The highest BCUT2D eigenvalue weighted by Gasteiger charge is 2.13. The molecule has 0 fully saturated rings. The highest BCUT2D eigenvalue weighted by atomic mass is 35.5. The maximum absolute atomic E-state index is 11.4. The Kier molecular flexibility index (Phi) is 4.79. The predicted molar refractivity (Wildman–Crippen MR) is 79.2 cm³/mol. The van der Waals surface area contributed by atoms with Crippen LogP contribution in [0.5, 0.6) is 0 Å². The maximum Gasteiger partial charge on any atom is 0.221 e. The van der Waals surface area contributed by atoms with Crippen LogP contribution < -0.4 is 10.6 Å². The quantitative estimate of drug-likeness (QED) is 0.889. The smallest absolute Gasteiger partial charge is 0.221 e. The number of anilines is 1.